The molecule has 1 saturated carbocycles. The first-order chi connectivity index (χ1) is 13.6. The summed E-state index contributed by atoms with van der Waals surface area (Å²) in [7, 11) is 2.16. The Morgan fingerprint density at radius 1 is 1.18 bits per heavy atom. The highest BCUT2D eigenvalue weighted by Crippen LogP contribution is 2.41. The zero-order chi connectivity index (χ0) is 19.3. The van der Waals surface area contributed by atoms with Crippen molar-refractivity contribution in [2.24, 2.45) is 0 Å². The second kappa shape index (κ2) is 7.14. The Bertz CT molecular complexity index is 936. The number of carbonyl (C=O) groups excluding carboxylic acids is 1. The number of piperidine rings is 1. The van der Waals surface area contributed by atoms with Crippen LogP contribution in [0.2, 0.25) is 0 Å². The molecule has 148 valence electrons. The number of aromatic nitrogens is 2. The van der Waals surface area contributed by atoms with Crippen molar-refractivity contribution in [3.05, 3.63) is 28.4 Å². The number of anilines is 1. The quantitative estimate of drug-likeness (QED) is 0.736. The molecule has 0 bridgehead atoms. The number of aryl methyl sites for hydroxylation is 2. The third kappa shape index (κ3) is 3.32. The van der Waals surface area contributed by atoms with E-state index in [9.17, 15) is 4.79 Å². The van der Waals surface area contributed by atoms with Gasteiger partial charge in [0, 0.05) is 31.1 Å². The van der Waals surface area contributed by atoms with E-state index in [0.29, 0.717) is 18.3 Å². The van der Waals surface area contributed by atoms with Crippen molar-refractivity contribution in [1.29, 1.82) is 0 Å². The minimum atomic E-state index is 0.146. The predicted molar refractivity (Wildman–Crippen MR) is 114 cm³/mol. The fraction of sp³-hybridized carbons (Fsp3) is 0.591. The van der Waals surface area contributed by atoms with E-state index in [2.05, 4.69) is 18.5 Å². The van der Waals surface area contributed by atoms with Crippen LogP contribution in [0.4, 0.5) is 5.82 Å². The van der Waals surface area contributed by atoms with Crippen molar-refractivity contribution >= 4 is 33.3 Å². The number of carbonyl (C=O) groups is 1. The van der Waals surface area contributed by atoms with Crippen LogP contribution in [0.1, 0.15) is 54.8 Å². The summed E-state index contributed by atoms with van der Waals surface area (Å²) in [4.78, 5) is 29.5. The Morgan fingerprint density at radius 2 is 1.93 bits per heavy atom. The molecule has 5 rings (SSSR count). The summed E-state index contributed by atoms with van der Waals surface area (Å²) in [6, 6.07) is 0.592. The molecule has 28 heavy (non-hydrogen) atoms. The number of likely N-dealkylation sites (tertiary alicyclic amines) is 1. The lowest BCUT2D eigenvalue weighted by molar-refractivity contribution is -0.131. The van der Waals surface area contributed by atoms with Crippen LogP contribution in [0.25, 0.3) is 10.2 Å². The Morgan fingerprint density at radius 3 is 2.68 bits per heavy atom. The van der Waals surface area contributed by atoms with E-state index in [1.807, 2.05) is 16.2 Å². The zero-order valence-electron chi connectivity index (χ0n) is 16.7. The second-order valence-electron chi connectivity index (χ2n) is 8.50. The van der Waals surface area contributed by atoms with Gasteiger partial charge in [-0.15, -0.1) is 11.3 Å². The molecule has 1 saturated heterocycles. The number of hydrogen-bond donors (Lipinski definition) is 0. The lowest BCUT2D eigenvalue weighted by Crippen LogP contribution is -2.37. The molecule has 0 spiro atoms. The maximum Gasteiger partial charge on any atom is 0.230 e. The van der Waals surface area contributed by atoms with Gasteiger partial charge in [0.15, 0.2) is 0 Å². The molecule has 0 N–H and O–H groups in total. The van der Waals surface area contributed by atoms with Crippen LogP contribution >= 0.6 is 11.3 Å². The highest BCUT2D eigenvalue weighted by Gasteiger charge is 2.31. The van der Waals surface area contributed by atoms with E-state index >= 15 is 0 Å². The zero-order valence-corrected chi connectivity index (χ0v) is 17.5. The van der Waals surface area contributed by atoms with E-state index in [0.717, 1.165) is 49.4 Å². The van der Waals surface area contributed by atoms with Gasteiger partial charge in [0.1, 0.15) is 16.5 Å². The summed E-state index contributed by atoms with van der Waals surface area (Å²) < 4.78 is 0. The molecule has 3 aliphatic rings. The number of amides is 1. The number of fused-ring (bicyclic) bond motifs is 3. The van der Waals surface area contributed by atoms with Crippen LogP contribution in [-0.2, 0) is 24.1 Å². The number of rotatable bonds is 4. The molecule has 3 heterocycles. The van der Waals surface area contributed by atoms with Gasteiger partial charge in [0.2, 0.25) is 5.91 Å². The van der Waals surface area contributed by atoms with Crippen molar-refractivity contribution in [1.82, 2.24) is 14.9 Å². The van der Waals surface area contributed by atoms with Gasteiger partial charge < -0.3 is 9.80 Å². The fourth-order valence-electron chi connectivity index (χ4n) is 4.47. The normalized spacial score (nSPS) is 19.8. The SMILES string of the molecule is C=C1CCN(C(=O)Cc2nc(N(C)C3CC3)c3c4c(sc3n2)CCCC4)CC1. The van der Waals surface area contributed by atoms with Crippen molar-refractivity contribution < 1.29 is 4.79 Å². The third-order valence-electron chi connectivity index (χ3n) is 6.40. The van der Waals surface area contributed by atoms with E-state index in [4.69, 9.17) is 9.97 Å². The average Bonchev–Trinajstić information content (AvgIpc) is 3.48. The fourth-order valence-corrected chi connectivity index (χ4v) is 5.74. The van der Waals surface area contributed by atoms with Gasteiger partial charge in [0.05, 0.1) is 11.8 Å². The first-order valence-electron chi connectivity index (χ1n) is 10.6. The molecule has 2 aliphatic carbocycles. The summed E-state index contributed by atoms with van der Waals surface area (Å²) in [6.07, 6.45) is 9.43. The van der Waals surface area contributed by atoms with E-state index < -0.39 is 0 Å². The molecule has 0 radical (unpaired) electrons. The summed E-state index contributed by atoms with van der Waals surface area (Å²) in [5, 5.41) is 1.26. The number of hydrogen-bond acceptors (Lipinski definition) is 5. The molecular formula is C22H28N4OS. The molecule has 1 aliphatic heterocycles. The van der Waals surface area contributed by atoms with Crippen molar-refractivity contribution in [3.63, 3.8) is 0 Å². The highest BCUT2D eigenvalue weighted by atomic mass is 32.1. The van der Waals surface area contributed by atoms with Crippen LogP contribution in [-0.4, -0.2) is 47.0 Å². The Balaban J connectivity index is 1.49. The van der Waals surface area contributed by atoms with Gasteiger partial charge in [-0.3, -0.25) is 4.79 Å². The first-order valence-corrected chi connectivity index (χ1v) is 11.4. The number of thiophene rings is 1. The van der Waals surface area contributed by atoms with Crippen LogP contribution in [0.15, 0.2) is 12.2 Å². The van der Waals surface area contributed by atoms with Crippen LogP contribution in [0.3, 0.4) is 0 Å². The maximum absolute atomic E-state index is 12.8. The molecule has 6 heteroatoms. The largest absolute Gasteiger partial charge is 0.356 e. The smallest absolute Gasteiger partial charge is 0.230 e. The Hall–Kier alpha value is -1.95. The molecule has 2 fully saturated rings. The summed E-state index contributed by atoms with van der Waals surface area (Å²) >= 11 is 1.83. The van der Waals surface area contributed by atoms with Crippen molar-refractivity contribution in [2.75, 3.05) is 25.0 Å². The van der Waals surface area contributed by atoms with Crippen molar-refractivity contribution in [2.45, 2.75) is 63.8 Å². The van der Waals surface area contributed by atoms with Gasteiger partial charge in [-0.1, -0.05) is 12.2 Å². The second-order valence-corrected chi connectivity index (χ2v) is 9.59. The molecular weight excluding hydrogens is 368 g/mol. The predicted octanol–water partition coefficient (Wildman–Crippen LogP) is 3.89. The van der Waals surface area contributed by atoms with E-state index in [1.54, 1.807) is 0 Å². The van der Waals surface area contributed by atoms with Crippen LogP contribution in [0, 0.1) is 0 Å². The minimum absolute atomic E-state index is 0.146. The molecule has 0 aromatic carbocycles. The molecule has 2 aromatic rings. The first kappa shape index (κ1) is 18.1. The van der Waals surface area contributed by atoms with Crippen LogP contribution in [0.5, 0.6) is 0 Å². The van der Waals surface area contributed by atoms with Crippen molar-refractivity contribution in [3.8, 4) is 0 Å². The minimum Gasteiger partial charge on any atom is -0.356 e. The maximum atomic E-state index is 12.8. The molecule has 2 aromatic heterocycles. The average molecular weight is 397 g/mol. The van der Waals surface area contributed by atoms with Gasteiger partial charge in [0.25, 0.3) is 0 Å². The van der Waals surface area contributed by atoms with Gasteiger partial charge >= 0.3 is 0 Å². The molecule has 1 amide bonds. The Labute approximate surface area is 170 Å². The van der Waals surface area contributed by atoms with Crippen LogP contribution < -0.4 is 4.90 Å². The molecule has 0 unspecified atom stereocenters. The lowest BCUT2D eigenvalue weighted by atomic mass is 9.97. The standard InChI is InChI=1S/C22H28N4OS/c1-14-9-11-26(12-10-14)19(27)13-18-23-21(25(2)15-7-8-15)20-16-5-3-4-6-17(16)28-22(20)24-18/h15H,1,3-13H2,2H3. The molecule has 0 atom stereocenters. The van der Waals surface area contributed by atoms with E-state index in [1.165, 1.54) is 47.1 Å². The topological polar surface area (TPSA) is 49.3 Å². The monoisotopic (exact) mass is 396 g/mol. The van der Waals surface area contributed by atoms with Gasteiger partial charge in [-0.05, 0) is 56.9 Å². The Kier molecular flexibility index (Phi) is 4.62. The van der Waals surface area contributed by atoms with Gasteiger partial charge in [-0.25, -0.2) is 9.97 Å². The van der Waals surface area contributed by atoms with E-state index in [-0.39, 0.29) is 5.91 Å². The third-order valence-corrected chi connectivity index (χ3v) is 7.59. The number of nitrogens with zero attached hydrogens (tertiary/aromatic N) is 4. The summed E-state index contributed by atoms with van der Waals surface area (Å²) in [6.45, 7) is 5.60. The lowest BCUT2D eigenvalue weighted by Gasteiger charge is -2.28. The van der Waals surface area contributed by atoms with Gasteiger partial charge in [-0.2, -0.15) is 0 Å². The molecule has 5 nitrogen and oxygen atoms in total. The summed E-state index contributed by atoms with van der Waals surface area (Å²) in [5.74, 6) is 1.89. The highest BCUT2D eigenvalue weighted by molar-refractivity contribution is 7.19. The summed E-state index contributed by atoms with van der Waals surface area (Å²) in [5.41, 5.74) is 2.72.